The number of hydrogen-bond donors (Lipinski definition) is 2. The zero-order valence-electron chi connectivity index (χ0n) is 11.5. The predicted octanol–water partition coefficient (Wildman–Crippen LogP) is 1.87. The van der Waals surface area contributed by atoms with Crippen molar-refractivity contribution in [2.45, 2.75) is 26.9 Å². The third-order valence-electron chi connectivity index (χ3n) is 3.05. The van der Waals surface area contributed by atoms with Gasteiger partial charge in [-0.2, -0.15) is 0 Å². The number of carbonyl (C=O) groups is 1. The number of amides is 1. The van der Waals surface area contributed by atoms with Gasteiger partial charge in [-0.1, -0.05) is 26.0 Å². The number of primary amides is 1. The van der Waals surface area contributed by atoms with Gasteiger partial charge in [0.1, 0.15) is 6.54 Å². The van der Waals surface area contributed by atoms with Crippen LogP contribution in [0, 0.1) is 5.92 Å². The van der Waals surface area contributed by atoms with Gasteiger partial charge in [0.2, 0.25) is 5.91 Å². The molecule has 19 heavy (non-hydrogen) atoms. The number of rotatable bonds is 6. The zero-order chi connectivity index (χ0) is 13.8. The minimum Gasteiger partial charge on any atom is -0.368 e. The first-order valence-electron chi connectivity index (χ1n) is 6.63. The average molecular weight is 259 g/mol. The van der Waals surface area contributed by atoms with Gasteiger partial charge in [0, 0.05) is 18.3 Å². The molecule has 0 unspecified atom stereocenters. The Morgan fingerprint density at radius 1 is 1.37 bits per heavy atom. The van der Waals surface area contributed by atoms with E-state index >= 15 is 0 Å². The Morgan fingerprint density at radius 2 is 2.16 bits per heavy atom. The number of nitrogens with zero attached hydrogens (tertiary/aromatic N) is 1. The topological polar surface area (TPSA) is 60.1 Å². The lowest BCUT2D eigenvalue weighted by atomic mass is 10.1. The quantitative estimate of drug-likeness (QED) is 0.832. The highest BCUT2D eigenvalue weighted by atomic mass is 16.1. The van der Waals surface area contributed by atoms with Crippen LogP contribution >= 0.6 is 0 Å². The van der Waals surface area contributed by atoms with Crippen molar-refractivity contribution >= 4 is 16.8 Å². The summed E-state index contributed by atoms with van der Waals surface area (Å²) >= 11 is 0. The van der Waals surface area contributed by atoms with E-state index in [0.717, 1.165) is 24.0 Å². The van der Waals surface area contributed by atoms with Crippen LogP contribution in [0.1, 0.15) is 19.4 Å². The van der Waals surface area contributed by atoms with Gasteiger partial charge in [0.05, 0.1) is 0 Å². The normalized spacial score (nSPS) is 11.3. The van der Waals surface area contributed by atoms with Crippen LogP contribution in [0.5, 0.6) is 0 Å². The van der Waals surface area contributed by atoms with Gasteiger partial charge in [-0.25, -0.2) is 0 Å². The van der Waals surface area contributed by atoms with Gasteiger partial charge in [-0.05, 0) is 35.5 Å². The maximum atomic E-state index is 11.0. The second kappa shape index (κ2) is 5.89. The summed E-state index contributed by atoms with van der Waals surface area (Å²) in [6.07, 6.45) is 1.90. The molecule has 4 heteroatoms. The first-order chi connectivity index (χ1) is 9.06. The van der Waals surface area contributed by atoms with Gasteiger partial charge in [-0.15, -0.1) is 0 Å². The van der Waals surface area contributed by atoms with Crippen molar-refractivity contribution in [2.24, 2.45) is 11.7 Å². The number of aromatic nitrogens is 1. The van der Waals surface area contributed by atoms with E-state index in [0.29, 0.717) is 5.92 Å². The van der Waals surface area contributed by atoms with Crippen molar-refractivity contribution in [3.63, 3.8) is 0 Å². The molecule has 0 aliphatic carbocycles. The average Bonchev–Trinajstić information content (AvgIpc) is 2.71. The number of hydrogen-bond acceptors (Lipinski definition) is 2. The number of nitrogens with two attached hydrogens (primary N) is 1. The maximum absolute atomic E-state index is 11.0. The molecule has 3 N–H and O–H groups in total. The van der Waals surface area contributed by atoms with Crippen LogP contribution < -0.4 is 11.1 Å². The fraction of sp³-hybridized carbons (Fsp3) is 0.400. The highest BCUT2D eigenvalue weighted by Crippen LogP contribution is 2.17. The van der Waals surface area contributed by atoms with Crippen LogP contribution in [0.4, 0.5) is 0 Å². The summed E-state index contributed by atoms with van der Waals surface area (Å²) in [5, 5.41) is 4.55. The molecule has 1 heterocycles. The molecule has 0 aliphatic rings. The highest BCUT2D eigenvalue weighted by molar-refractivity contribution is 5.83. The standard InChI is InChI=1S/C15H21N3O/c1-11(2)8-17-9-12-3-4-13-5-6-18(10-15(16)19)14(13)7-12/h3-7,11,17H,8-10H2,1-2H3,(H2,16,19). The Kier molecular flexibility index (Phi) is 4.22. The molecule has 0 radical (unpaired) electrons. The Bertz CT molecular complexity index is 572. The molecule has 0 atom stereocenters. The van der Waals surface area contributed by atoms with Gasteiger partial charge in [0.15, 0.2) is 0 Å². The van der Waals surface area contributed by atoms with Crippen LogP contribution in [0.3, 0.4) is 0 Å². The number of fused-ring (bicyclic) bond motifs is 1. The fourth-order valence-electron chi connectivity index (χ4n) is 2.15. The molecular formula is C15H21N3O. The van der Waals surface area contributed by atoms with E-state index in [1.165, 1.54) is 5.56 Å². The molecule has 1 amide bonds. The number of benzene rings is 1. The summed E-state index contributed by atoms with van der Waals surface area (Å²) < 4.78 is 1.89. The van der Waals surface area contributed by atoms with Gasteiger partial charge < -0.3 is 15.6 Å². The monoisotopic (exact) mass is 259 g/mol. The Hall–Kier alpha value is -1.81. The van der Waals surface area contributed by atoms with Crippen molar-refractivity contribution in [2.75, 3.05) is 6.54 Å². The molecule has 0 fully saturated rings. The van der Waals surface area contributed by atoms with E-state index in [4.69, 9.17) is 5.73 Å². The van der Waals surface area contributed by atoms with E-state index in [9.17, 15) is 4.79 Å². The van der Waals surface area contributed by atoms with Gasteiger partial charge in [-0.3, -0.25) is 4.79 Å². The summed E-state index contributed by atoms with van der Waals surface area (Å²) in [5.74, 6) is 0.322. The Labute approximate surface area is 113 Å². The molecule has 0 saturated heterocycles. The Balaban J connectivity index is 2.16. The molecule has 1 aromatic heterocycles. The second-order valence-electron chi connectivity index (χ2n) is 5.33. The smallest absolute Gasteiger partial charge is 0.237 e. The van der Waals surface area contributed by atoms with Crippen molar-refractivity contribution in [1.82, 2.24) is 9.88 Å². The van der Waals surface area contributed by atoms with E-state index < -0.39 is 0 Å². The third-order valence-corrected chi connectivity index (χ3v) is 3.05. The summed E-state index contributed by atoms with van der Waals surface area (Å²) in [4.78, 5) is 11.0. The molecular weight excluding hydrogens is 238 g/mol. The van der Waals surface area contributed by atoms with E-state index in [2.05, 4.69) is 37.4 Å². The van der Waals surface area contributed by atoms with Crippen molar-refractivity contribution in [3.05, 3.63) is 36.0 Å². The summed E-state index contributed by atoms with van der Waals surface area (Å²) in [7, 11) is 0. The Morgan fingerprint density at radius 3 is 2.84 bits per heavy atom. The lowest BCUT2D eigenvalue weighted by Crippen LogP contribution is -2.19. The highest BCUT2D eigenvalue weighted by Gasteiger charge is 2.04. The second-order valence-corrected chi connectivity index (χ2v) is 5.33. The molecule has 0 saturated carbocycles. The molecule has 0 spiro atoms. The van der Waals surface area contributed by atoms with Crippen LogP contribution in [0.15, 0.2) is 30.5 Å². The maximum Gasteiger partial charge on any atom is 0.237 e. The first kappa shape index (κ1) is 13.6. The van der Waals surface area contributed by atoms with Crippen LogP contribution in [-0.2, 0) is 17.9 Å². The van der Waals surface area contributed by atoms with Gasteiger partial charge >= 0.3 is 0 Å². The molecule has 0 aliphatic heterocycles. The van der Waals surface area contributed by atoms with E-state index in [1.807, 2.05) is 16.8 Å². The number of nitrogens with one attached hydrogen (secondary N) is 1. The summed E-state index contributed by atoms with van der Waals surface area (Å²) in [6, 6.07) is 8.32. The molecule has 2 rings (SSSR count). The summed E-state index contributed by atoms with van der Waals surface area (Å²) in [6.45, 7) is 6.45. The molecule has 0 bridgehead atoms. The third kappa shape index (κ3) is 3.58. The minimum atomic E-state index is -0.319. The molecule has 2 aromatic rings. The van der Waals surface area contributed by atoms with Crippen molar-refractivity contribution in [1.29, 1.82) is 0 Å². The van der Waals surface area contributed by atoms with Gasteiger partial charge in [0.25, 0.3) is 0 Å². The van der Waals surface area contributed by atoms with Crippen LogP contribution in [0.2, 0.25) is 0 Å². The predicted molar refractivity (Wildman–Crippen MR) is 77.7 cm³/mol. The molecule has 1 aromatic carbocycles. The van der Waals surface area contributed by atoms with Crippen molar-refractivity contribution in [3.8, 4) is 0 Å². The summed E-state index contributed by atoms with van der Waals surface area (Å²) in [5.41, 5.74) is 7.53. The SMILES string of the molecule is CC(C)CNCc1ccc2ccn(CC(N)=O)c2c1. The van der Waals surface area contributed by atoms with Crippen LogP contribution in [0.25, 0.3) is 10.9 Å². The molecule has 102 valence electrons. The lowest BCUT2D eigenvalue weighted by Gasteiger charge is -2.08. The zero-order valence-corrected chi connectivity index (χ0v) is 11.5. The largest absolute Gasteiger partial charge is 0.368 e. The minimum absolute atomic E-state index is 0.229. The first-order valence-corrected chi connectivity index (χ1v) is 6.63. The number of carbonyl (C=O) groups excluding carboxylic acids is 1. The van der Waals surface area contributed by atoms with E-state index in [-0.39, 0.29) is 12.5 Å². The van der Waals surface area contributed by atoms with E-state index in [1.54, 1.807) is 0 Å². The van der Waals surface area contributed by atoms with Crippen molar-refractivity contribution < 1.29 is 4.79 Å². The van der Waals surface area contributed by atoms with Crippen LogP contribution in [-0.4, -0.2) is 17.0 Å². The fourth-order valence-corrected chi connectivity index (χ4v) is 2.15. The molecule has 4 nitrogen and oxygen atoms in total. The lowest BCUT2D eigenvalue weighted by molar-refractivity contribution is -0.118.